The van der Waals surface area contributed by atoms with Crippen molar-refractivity contribution in [3.8, 4) is 11.5 Å². The van der Waals surface area contributed by atoms with E-state index in [4.69, 9.17) is 9.47 Å². The first kappa shape index (κ1) is 25.3. The molecule has 3 rings (SSSR count). The molecular weight excluding hydrogens is 432 g/mol. The molecule has 1 aromatic carbocycles. The van der Waals surface area contributed by atoms with Gasteiger partial charge >= 0.3 is 0 Å². The summed E-state index contributed by atoms with van der Waals surface area (Å²) in [5.41, 5.74) is 1.39. The number of piperidine rings is 1. The Labute approximate surface area is 202 Å². The average Bonchev–Trinajstić information content (AvgIpc) is 2.88. The zero-order valence-corrected chi connectivity index (χ0v) is 20.5. The molecule has 1 aliphatic heterocycles. The van der Waals surface area contributed by atoms with E-state index < -0.39 is 0 Å². The second kappa shape index (κ2) is 12.8. The van der Waals surface area contributed by atoms with Crippen LogP contribution in [-0.4, -0.2) is 61.1 Å². The van der Waals surface area contributed by atoms with E-state index >= 15 is 0 Å². The summed E-state index contributed by atoms with van der Waals surface area (Å²) in [6, 6.07) is 8.97. The van der Waals surface area contributed by atoms with Crippen LogP contribution in [-0.2, 0) is 11.3 Å². The lowest BCUT2D eigenvalue weighted by Crippen LogP contribution is -2.38. The van der Waals surface area contributed by atoms with Crippen LogP contribution in [0.2, 0.25) is 0 Å². The highest BCUT2D eigenvalue weighted by Gasteiger charge is 2.18. The molecule has 2 amide bonds. The third-order valence-electron chi connectivity index (χ3n) is 5.92. The lowest BCUT2D eigenvalue weighted by Gasteiger charge is -2.26. The standard InChI is InChI=1S/C26H36N4O4/c1-4-29(5-2)24-13-10-20(17-27-24)18-28-26(32)21-11-12-22(23(16-21)33-6-3)34-19-25(31)30-14-8-7-9-15-30/h10-13,16-17H,4-9,14-15,18-19H2,1-3H3,(H,28,32). The highest BCUT2D eigenvalue weighted by atomic mass is 16.5. The molecular formula is C26H36N4O4. The number of benzene rings is 1. The van der Waals surface area contributed by atoms with Gasteiger partial charge in [-0.3, -0.25) is 9.59 Å². The second-order valence-corrected chi connectivity index (χ2v) is 8.20. The highest BCUT2D eigenvalue weighted by molar-refractivity contribution is 5.94. The molecule has 2 aromatic rings. The summed E-state index contributed by atoms with van der Waals surface area (Å²) in [6.45, 7) is 10.2. The predicted octanol–water partition coefficient (Wildman–Crippen LogP) is 3.65. The Kier molecular flexibility index (Phi) is 9.55. The molecule has 0 unspecified atom stereocenters. The van der Waals surface area contributed by atoms with E-state index in [1.54, 1.807) is 24.4 Å². The summed E-state index contributed by atoms with van der Waals surface area (Å²) in [5.74, 6) is 1.59. The van der Waals surface area contributed by atoms with E-state index in [0.29, 0.717) is 30.2 Å². The van der Waals surface area contributed by atoms with Gasteiger partial charge in [0.2, 0.25) is 0 Å². The molecule has 0 atom stereocenters. The Morgan fingerprint density at radius 1 is 1.00 bits per heavy atom. The fourth-order valence-electron chi connectivity index (χ4n) is 3.95. The number of carbonyl (C=O) groups is 2. The molecule has 1 N–H and O–H groups in total. The van der Waals surface area contributed by atoms with Crippen molar-refractivity contribution in [1.29, 1.82) is 0 Å². The first-order chi connectivity index (χ1) is 16.5. The Morgan fingerprint density at radius 2 is 1.76 bits per heavy atom. The van der Waals surface area contributed by atoms with Gasteiger partial charge in [-0.05, 0) is 69.9 Å². The fraction of sp³-hybridized carbons (Fsp3) is 0.500. The van der Waals surface area contributed by atoms with Crippen molar-refractivity contribution in [2.45, 2.75) is 46.6 Å². The predicted molar refractivity (Wildman–Crippen MR) is 133 cm³/mol. The van der Waals surface area contributed by atoms with Crippen LogP contribution in [0.4, 0.5) is 5.82 Å². The van der Waals surface area contributed by atoms with Crippen LogP contribution in [0.25, 0.3) is 0 Å². The van der Waals surface area contributed by atoms with Gasteiger partial charge in [-0.2, -0.15) is 0 Å². The number of carbonyl (C=O) groups excluding carboxylic acids is 2. The number of hydrogen-bond acceptors (Lipinski definition) is 6. The van der Waals surface area contributed by atoms with Crippen molar-refractivity contribution in [2.24, 2.45) is 0 Å². The molecule has 184 valence electrons. The molecule has 1 aliphatic rings. The van der Waals surface area contributed by atoms with Crippen molar-refractivity contribution in [3.05, 3.63) is 47.7 Å². The van der Waals surface area contributed by atoms with Gasteiger partial charge in [0, 0.05) is 44.5 Å². The Bertz CT molecular complexity index is 938. The number of nitrogens with zero attached hydrogens (tertiary/aromatic N) is 3. The molecule has 0 spiro atoms. The maximum absolute atomic E-state index is 12.7. The number of pyridine rings is 1. The first-order valence-electron chi connectivity index (χ1n) is 12.2. The number of ether oxygens (including phenoxy) is 2. The number of aromatic nitrogens is 1. The third kappa shape index (κ3) is 6.85. The van der Waals surface area contributed by atoms with E-state index in [0.717, 1.165) is 50.4 Å². The lowest BCUT2D eigenvalue weighted by molar-refractivity contribution is -0.134. The monoisotopic (exact) mass is 468 g/mol. The zero-order valence-electron chi connectivity index (χ0n) is 20.5. The molecule has 8 heteroatoms. The zero-order chi connectivity index (χ0) is 24.3. The van der Waals surface area contributed by atoms with Gasteiger partial charge in [0.25, 0.3) is 11.8 Å². The third-order valence-corrected chi connectivity index (χ3v) is 5.92. The van der Waals surface area contributed by atoms with Gasteiger partial charge in [0.1, 0.15) is 5.82 Å². The maximum atomic E-state index is 12.7. The van der Waals surface area contributed by atoms with E-state index in [1.807, 2.05) is 24.0 Å². The first-order valence-corrected chi connectivity index (χ1v) is 12.2. The number of hydrogen-bond donors (Lipinski definition) is 1. The molecule has 0 saturated carbocycles. The molecule has 34 heavy (non-hydrogen) atoms. The van der Waals surface area contributed by atoms with Gasteiger partial charge in [-0.1, -0.05) is 6.07 Å². The molecule has 2 heterocycles. The normalized spacial score (nSPS) is 13.3. The van der Waals surface area contributed by atoms with Crippen LogP contribution in [0.3, 0.4) is 0 Å². The summed E-state index contributed by atoms with van der Waals surface area (Å²) in [5, 5.41) is 2.92. The smallest absolute Gasteiger partial charge is 0.260 e. The van der Waals surface area contributed by atoms with Crippen LogP contribution in [0.1, 0.15) is 56.0 Å². The van der Waals surface area contributed by atoms with E-state index in [2.05, 4.69) is 29.0 Å². The van der Waals surface area contributed by atoms with Crippen LogP contribution >= 0.6 is 0 Å². The summed E-state index contributed by atoms with van der Waals surface area (Å²) < 4.78 is 11.4. The SMILES string of the molecule is CCOc1cc(C(=O)NCc2ccc(N(CC)CC)nc2)ccc1OCC(=O)N1CCCCC1. The van der Waals surface area contributed by atoms with E-state index in [1.165, 1.54) is 6.42 Å². The van der Waals surface area contributed by atoms with Gasteiger partial charge < -0.3 is 24.6 Å². The molecule has 1 aromatic heterocycles. The lowest BCUT2D eigenvalue weighted by atomic mass is 10.1. The van der Waals surface area contributed by atoms with Gasteiger partial charge in [0.05, 0.1) is 6.61 Å². The minimum absolute atomic E-state index is 0.0235. The van der Waals surface area contributed by atoms with Gasteiger partial charge in [-0.15, -0.1) is 0 Å². The Balaban J connectivity index is 1.58. The van der Waals surface area contributed by atoms with Gasteiger partial charge in [-0.25, -0.2) is 4.98 Å². The van der Waals surface area contributed by atoms with Crippen molar-refractivity contribution in [2.75, 3.05) is 44.3 Å². The van der Waals surface area contributed by atoms with E-state index in [-0.39, 0.29) is 18.4 Å². The van der Waals surface area contributed by atoms with Crippen molar-refractivity contribution >= 4 is 17.6 Å². The average molecular weight is 469 g/mol. The van der Waals surface area contributed by atoms with Crippen LogP contribution in [0.5, 0.6) is 11.5 Å². The number of nitrogens with one attached hydrogen (secondary N) is 1. The fourth-order valence-corrected chi connectivity index (χ4v) is 3.95. The topological polar surface area (TPSA) is 84.0 Å². The van der Waals surface area contributed by atoms with Gasteiger partial charge in [0.15, 0.2) is 18.1 Å². The van der Waals surface area contributed by atoms with Crippen LogP contribution < -0.4 is 19.7 Å². The largest absolute Gasteiger partial charge is 0.490 e. The number of amides is 2. The second-order valence-electron chi connectivity index (χ2n) is 8.20. The molecule has 0 radical (unpaired) electrons. The van der Waals surface area contributed by atoms with Crippen LogP contribution in [0.15, 0.2) is 36.5 Å². The minimum atomic E-state index is -0.218. The van der Waals surface area contributed by atoms with Crippen molar-refractivity contribution in [1.82, 2.24) is 15.2 Å². The van der Waals surface area contributed by atoms with Crippen molar-refractivity contribution in [3.63, 3.8) is 0 Å². The highest BCUT2D eigenvalue weighted by Crippen LogP contribution is 2.29. The summed E-state index contributed by atoms with van der Waals surface area (Å²) in [6.07, 6.45) is 5.03. The van der Waals surface area contributed by atoms with Crippen molar-refractivity contribution < 1.29 is 19.1 Å². The summed E-state index contributed by atoms with van der Waals surface area (Å²) >= 11 is 0. The maximum Gasteiger partial charge on any atom is 0.260 e. The minimum Gasteiger partial charge on any atom is -0.490 e. The summed E-state index contributed by atoms with van der Waals surface area (Å²) in [4.78, 5) is 33.7. The molecule has 8 nitrogen and oxygen atoms in total. The molecule has 0 bridgehead atoms. The quantitative estimate of drug-likeness (QED) is 0.542. The molecule has 1 saturated heterocycles. The Morgan fingerprint density at radius 3 is 2.41 bits per heavy atom. The number of rotatable bonds is 11. The summed E-state index contributed by atoms with van der Waals surface area (Å²) in [7, 11) is 0. The number of likely N-dealkylation sites (tertiary alicyclic amines) is 1. The molecule has 1 fully saturated rings. The van der Waals surface area contributed by atoms with E-state index in [9.17, 15) is 9.59 Å². The number of anilines is 1. The van der Waals surface area contributed by atoms with Crippen LogP contribution in [0, 0.1) is 0 Å². The Hall–Kier alpha value is -3.29. The molecule has 0 aliphatic carbocycles.